The van der Waals surface area contributed by atoms with Crippen molar-refractivity contribution in [2.45, 2.75) is 19.9 Å². The van der Waals surface area contributed by atoms with Crippen molar-refractivity contribution in [2.24, 2.45) is 4.99 Å². The van der Waals surface area contributed by atoms with Gasteiger partial charge in [-0.25, -0.2) is 0 Å². The standard InChI is InChI=1S/C19H21N3OS/c1-4-13-22-16-7-5-6-8-17(16)24-19(22)20-18(23)14-9-11-15(12-10-14)21(2)3/h5-12H,4,13H2,1-3H3. The van der Waals surface area contributed by atoms with Crippen LogP contribution in [0.15, 0.2) is 53.5 Å². The van der Waals surface area contributed by atoms with Crippen LogP contribution in [0.3, 0.4) is 0 Å². The van der Waals surface area contributed by atoms with E-state index in [1.165, 1.54) is 0 Å². The molecule has 4 nitrogen and oxygen atoms in total. The van der Waals surface area contributed by atoms with Crippen molar-refractivity contribution < 1.29 is 4.79 Å². The van der Waals surface area contributed by atoms with Crippen molar-refractivity contribution in [2.75, 3.05) is 19.0 Å². The van der Waals surface area contributed by atoms with Crippen molar-refractivity contribution in [1.29, 1.82) is 0 Å². The number of aryl methyl sites for hydroxylation is 1. The number of aromatic nitrogens is 1. The van der Waals surface area contributed by atoms with Gasteiger partial charge >= 0.3 is 0 Å². The predicted octanol–water partition coefficient (Wildman–Crippen LogP) is 3.92. The molecule has 0 aliphatic rings. The molecule has 0 fully saturated rings. The minimum atomic E-state index is -0.197. The van der Waals surface area contributed by atoms with E-state index < -0.39 is 0 Å². The lowest BCUT2D eigenvalue weighted by atomic mass is 10.2. The molecule has 0 atom stereocenters. The van der Waals surface area contributed by atoms with Crippen LogP contribution >= 0.6 is 11.3 Å². The summed E-state index contributed by atoms with van der Waals surface area (Å²) in [5, 5.41) is 0. The number of rotatable bonds is 4. The molecule has 0 unspecified atom stereocenters. The summed E-state index contributed by atoms with van der Waals surface area (Å²) in [7, 11) is 3.96. The Kier molecular flexibility index (Phi) is 4.81. The monoisotopic (exact) mass is 339 g/mol. The molecular weight excluding hydrogens is 318 g/mol. The maximum absolute atomic E-state index is 12.5. The number of benzene rings is 2. The van der Waals surface area contributed by atoms with Gasteiger partial charge in [-0.3, -0.25) is 4.79 Å². The number of nitrogens with zero attached hydrogens (tertiary/aromatic N) is 3. The molecule has 0 spiro atoms. The van der Waals surface area contributed by atoms with Gasteiger partial charge in [-0.15, -0.1) is 0 Å². The summed E-state index contributed by atoms with van der Waals surface area (Å²) in [5.41, 5.74) is 2.81. The lowest BCUT2D eigenvalue weighted by Crippen LogP contribution is -2.17. The highest BCUT2D eigenvalue weighted by Crippen LogP contribution is 2.17. The lowest BCUT2D eigenvalue weighted by molar-refractivity contribution is 0.0998. The first-order chi connectivity index (χ1) is 11.6. The highest BCUT2D eigenvalue weighted by molar-refractivity contribution is 7.16. The van der Waals surface area contributed by atoms with Crippen LogP contribution in [0.1, 0.15) is 23.7 Å². The van der Waals surface area contributed by atoms with Crippen LogP contribution in [-0.4, -0.2) is 24.6 Å². The lowest BCUT2D eigenvalue weighted by Gasteiger charge is -2.11. The normalized spacial score (nSPS) is 11.9. The fourth-order valence-electron chi connectivity index (χ4n) is 2.60. The summed E-state index contributed by atoms with van der Waals surface area (Å²) in [6, 6.07) is 15.7. The molecule has 3 rings (SSSR count). The van der Waals surface area contributed by atoms with Crippen molar-refractivity contribution in [3.8, 4) is 0 Å². The summed E-state index contributed by atoms with van der Waals surface area (Å²) < 4.78 is 3.28. The zero-order valence-corrected chi connectivity index (χ0v) is 15.0. The highest BCUT2D eigenvalue weighted by atomic mass is 32.1. The van der Waals surface area contributed by atoms with E-state index in [1.54, 1.807) is 11.3 Å². The average Bonchev–Trinajstić information content (AvgIpc) is 2.93. The van der Waals surface area contributed by atoms with Crippen LogP contribution in [0.4, 0.5) is 5.69 Å². The highest BCUT2D eigenvalue weighted by Gasteiger charge is 2.09. The van der Waals surface area contributed by atoms with Crippen LogP contribution in [0.5, 0.6) is 0 Å². The predicted molar refractivity (Wildman–Crippen MR) is 101 cm³/mol. The number of para-hydroxylation sites is 1. The third-order valence-corrected chi connectivity index (χ3v) is 4.92. The van der Waals surface area contributed by atoms with E-state index in [-0.39, 0.29) is 5.91 Å². The molecule has 1 aromatic heterocycles. The first-order valence-electron chi connectivity index (χ1n) is 8.05. The molecule has 124 valence electrons. The maximum Gasteiger partial charge on any atom is 0.279 e. The summed E-state index contributed by atoms with van der Waals surface area (Å²) in [4.78, 5) is 19.7. The molecule has 0 N–H and O–H groups in total. The van der Waals surface area contributed by atoms with E-state index >= 15 is 0 Å². The fourth-order valence-corrected chi connectivity index (χ4v) is 3.65. The number of carbonyl (C=O) groups excluding carboxylic acids is 1. The number of anilines is 1. The Bertz CT molecular complexity index is 920. The van der Waals surface area contributed by atoms with Crippen LogP contribution in [0.2, 0.25) is 0 Å². The van der Waals surface area contributed by atoms with E-state index in [0.29, 0.717) is 5.56 Å². The maximum atomic E-state index is 12.5. The van der Waals surface area contributed by atoms with E-state index in [1.807, 2.05) is 55.4 Å². The molecule has 0 bridgehead atoms. The molecule has 0 saturated heterocycles. The van der Waals surface area contributed by atoms with Crippen LogP contribution < -0.4 is 9.70 Å². The molecule has 0 aliphatic carbocycles. The molecule has 0 radical (unpaired) electrons. The number of thiazole rings is 1. The molecule has 2 aromatic carbocycles. The smallest absolute Gasteiger partial charge is 0.279 e. The van der Waals surface area contributed by atoms with Gasteiger partial charge in [0.2, 0.25) is 0 Å². The van der Waals surface area contributed by atoms with Crippen molar-refractivity contribution in [3.63, 3.8) is 0 Å². The van der Waals surface area contributed by atoms with Crippen LogP contribution in [0, 0.1) is 0 Å². The molecule has 24 heavy (non-hydrogen) atoms. The Labute approximate surface area is 145 Å². The van der Waals surface area contributed by atoms with Crippen molar-refractivity contribution in [1.82, 2.24) is 4.57 Å². The van der Waals surface area contributed by atoms with Gasteiger partial charge in [0.15, 0.2) is 4.80 Å². The summed E-state index contributed by atoms with van der Waals surface area (Å²) in [5.74, 6) is -0.197. The van der Waals surface area contributed by atoms with Gasteiger partial charge in [0.25, 0.3) is 5.91 Å². The second-order valence-electron chi connectivity index (χ2n) is 5.86. The van der Waals surface area contributed by atoms with Gasteiger partial charge in [-0.05, 0) is 42.8 Å². The van der Waals surface area contributed by atoms with Crippen LogP contribution in [0.25, 0.3) is 10.2 Å². The minimum Gasteiger partial charge on any atom is -0.378 e. The zero-order valence-electron chi connectivity index (χ0n) is 14.2. The second-order valence-corrected chi connectivity index (χ2v) is 6.87. The summed E-state index contributed by atoms with van der Waals surface area (Å²) in [6.07, 6.45) is 1.000. The molecule has 1 amide bonds. The second kappa shape index (κ2) is 7.01. The number of carbonyl (C=O) groups is 1. The SMILES string of the molecule is CCCn1c(=NC(=O)c2ccc(N(C)C)cc2)sc2ccccc21. The number of fused-ring (bicyclic) bond motifs is 1. The Morgan fingerprint density at radius 2 is 1.83 bits per heavy atom. The fraction of sp³-hybridized carbons (Fsp3) is 0.263. The van der Waals surface area contributed by atoms with E-state index in [0.717, 1.165) is 33.7 Å². The number of hydrogen-bond donors (Lipinski definition) is 0. The summed E-state index contributed by atoms with van der Waals surface area (Å²) in [6.45, 7) is 2.99. The molecule has 1 heterocycles. The molecule has 3 aromatic rings. The first-order valence-corrected chi connectivity index (χ1v) is 8.86. The van der Waals surface area contributed by atoms with Gasteiger partial charge in [-0.1, -0.05) is 30.4 Å². The quantitative estimate of drug-likeness (QED) is 0.722. The molecular formula is C19H21N3OS. The van der Waals surface area contributed by atoms with E-state index in [4.69, 9.17) is 0 Å². The van der Waals surface area contributed by atoms with E-state index in [9.17, 15) is 4.79 Å². The number of hydrogen-bond acceptors (Lipinski definition) is 3. The van der Waals surface area contributed by atoms with Crippen LogP contribution in [-0.2, 0) is 6.54 Å². The Balaban J connectivity index is 2.02. The Hall–Kier alpha value is -2.40. The van der Waals surface area contributed by atoms with Gasteiger partial charge in [0.05, 0.1) is 10.2 Å². The largest absolute Gasteiger partial charge is 0.378 e. The minimum absolute atomic E-state index is 0.197. The van der Waals surface area contributed by atoms with Crippen molar-refractivity contribution in [3.05, 3.63) is 58.9 Å². The van der Waals surface area contributed by atoms with Gasteiger partial charge in [0, 0.05) is 31.9 Å². The van der Waals surface area contributed by atoms with Gasteiger partial charge in [0.1, 0.15) is 0 Å². The average molecular weight is 339 g/mol. The van der Waals surface area contributed by atoms with Gasteiger partial charge in [-0.2, -0.15) is 4.99 Å². The molecule has 0 saturated carbocycles. The number of amides is 1. The van der Waals surface area contributed by atoms with Crippen molar-refractivity contribution >= 4 is 33.1 Å². The third kappa shape index (κ3) is 3.26. The first kappa shape index (κ1) is 16.5. The third-order valence-electron chi connectivity index (χ3n) is 3.86. The topological polar surface area (TPSA) is 37.6 Å². The zero-order chi connectivity index (χ0) is 17.1. The molecule has 5 heteroatoms. The van der Waals surface area contributed by atoms with Gasteiger partial charge < -0.3 is 9.47 Å². The van der Waals surface area contributed by atoms with E-state index in [2.05, 4.69) is 28.6 Å². The Morgan fingerprint density at radius 1 is 1.12 bits per heavy atom. The summed E-state index contributed by atoms with van der Waals surface area (Å²) >= 11 is 1.56. The molecule has 0 aliphatic heterocycles. The Morgan fingerprint density at radius 3 is 2.50 bits per heavy atom.